The number of benzene rings is 2. The number of ketones is 1. The summed E-state index contributed by atoms with van der Waals surface area (Å²) in [6.07, 6.45) is 0. The minimum Gasteiger partial charge on any atom is -0.507 e. The van der Waals surface area contributed by atoms with Gasteiger partial charge in [-0.15, -0.1) is 0 Å². The molecule has 0 aliphatic rings. The molecule has 2 aromatic rings. The number of aromatic hydroxyl groups is 2. The Hall–Kier alpha value is -2.20. The summed E-state index contributed by atoms with van der Waals surface area (Å²) in [6, 6.07) is 8.81. The molecule has 0 saturated heterocycles. The first-order valence-electron chi connectivity index (χ1n) is 5.43. The lowest BCUT2D eigenvalue weighted by Gasteiger charge is -2.07. The molecule has 0 aromatic heterocycles. The molecular weight excluding hydrogens is 268 g/mol. The second-order valence-corrected chi connectivity index (χ2v) is 4.29. The van der Waals surface area contributed by atoms with E-state index in [1.807, 2.05) is 0 Å². The largest absolute Gasteiger partial charge is 0.507 e. The number of halogens is 1. The molecule has 0 fully saturated rings. The number of ether oxygens (including phenoxy) is 1. The lowest BCUT2D eigenvalue weighted by Crippen LogP contribution is -2.02. The number of methoxy groups -OCH3 is 1. The molecule has 2 N–H and O–H groups in total. The van der Waals surface area contributed by atoms with Crippen LogP contribution in [0, 0.1) is 0 Å². The summed E-state index contributed by atoms with van der Waals surface area (Å²) >= 11 is 5.74. The number of rotatable bonds is 3. The van der Waals surface area contributed by atoms with E-state index in [9.17, 15) is 15.0 Å². The zero-order valence-electron chi connectivity index (χ0n) is 10.1. The summed E-state index contributed by atoms with van der Waals surface area (Å²) in [5, 5.41) is 19.0. The third kappa shape index (κ3) is 2.63. The van der Waals surface area contributed by atoms with E-state index in [0.29, 0.717) is 11.3 Å². The highest BCUT2D eigenvalue weighted by atomic mass is 35.5. The molecule has 2 rings (SSSR count). The van der Waals surface area contributed by atoms with E-state index < -0.39 is 5.78 Å². The fraction of sp³-hybridized carbons (Fsp3) is 0.0714. The summed E-state index contributed by atoms with van der Waals surface area (Å²) in [5.41, 5.74) is 0.382. The Bertz CT molecular complexity index is 637. The van der Waals surface area contributed by atoms with E-state index in [4.69, 9.17) is 16.3 Å². The lowest BCUT2D eigenvalue weighted by atomic mass is 10.0. The average molecular weight is 279 g/mol. The zero-order valence-corrected chi connectivity index (χ0v) is 10.8. The van der Waals surface area contributed by atoms with Gasteiger partial charge in [-0.1, -0.05) is 23.7 Å². The first kappa shape index (κ1) is 13.2. The topological polar surface area (TPSA) is 66.8 Å². The van der Waals surface area contributed by atoms with Gasteiger partial charge in [0.05, 0.1) is 17.7 Å². The van der Waals surface area contributed by atoms with Crippen LogP contribution >= 0.6 is 11.6 Å². The first-order valence-corrected chi connectivity index (χ1v) is 5.81. The monoisotopic (exact) mass is 278 g/mol. The highest BCUT2D eigenvalue weighted by Gasteiger charge is 2.16. The Morgan fingerprint density at radius 3 is 2.58 bits per heavy atom. The summed E-state index contributed by atoms with van der Waals surface area (Å²) in [7, 11) is 1.50. The van der Waals surface area contributed by atoms with E-state index in [1.54, 1.807) is 24.3 Å². The van der Waals surface area contributed by atoms with E-state index in [2.05, 4.69) is 0 Å². The van der Waals surface area contributed by atoms with Gasteiger partial charge < -0.3 is 14.9 Å². The van der Waals surface area contributed by atoms with Crippen LogP contribution in [-0.2, 0) is 0 Å². The standard InChI is InChI=1S/C14H11ClO4/c1-19-9-4-2-3-8(5-9)14(18)10-6-11(15)13(17)7-12(10)16/h2-7,16-17H,1H3. The van der Waals surface area contributed by atoms with Crippen molar-refractivity contribution in [3.63, 3.8) is 0 Å². The van der Waals surface area contributed by atoms with Gasteiger partial charge in [0.25, 0.3) is 0 Å². The maximum Gasteiger partial charge on any atom is 0.196 e. The van der Waals surface area contributed by atoms with Gasteiger partial charge in [0.1, 0.15) is 17.2 Å². The van der Waals surface area contributed by atoms with Gasteiger partial charge in [-0.25, -0.2) is 0 Å². The molecular formula is C14H11ClO4. The second-order valence-electron chi connectivity index (χ2n) is 3.88. The summed E-state index contributed by atoms with van der Waals surface area (Å²) in [6.45, 7) is 0. The first-order chi connectivity index (χ1) is 9.02. The Labute approximate surface area is 114 Å². The van der Waals surface area contributed by atoms with Gasteiger partial charge in [0.2, 0.25) is 0 Å². The quantitative estimate of drug-likeness (QED) is 0.847. The molecule has 0 unspecified atom stereocenters. The van der Waals surface area contributed by atoms with Gasteiger partial charge in [-0.3, -0.25) is 4.79 Å². The van der Waals surface area contributed by atoms with Crippen molar-refractivity contribution in [1.29, 1.82) is 0 Å². The molecule has 0 amide bonds. The van der Waals surface area contributed by atoms with Gasteiger partial charge >= 0.3 is 0 Å². The van der Waals surface area contributed by atoms with Crippen molar-refractivity contribution in [2.45, 2.75) is 0 Å². The predicted octanol–water partition coefficient (Wildman–Crippen LogP) is 2.99. The van der Waals surface area contributed by atoms with Crippen LogP contribution in [0.1, 0.15) is 15.9 Å². The highest BCUT2D eigenvalue weighted by molar-refractivity contribution is 6.32. The van der Waals surface area contributed by atoms with Crippen LogP contribution in [0.3, 0.4) is 0 Å². The van der Waals surface area contributed by atoms with Crippen LogP contribution in [0.15, 0.2) is 36.4 Å². The van der Waals surface area contributed by atoms with Crippen molar-refractivity contribution in [3.05, 3.63) is 52.5 Å². The molecule has 98 valence electrons. The van der Waals surface area contributed by atoms with Crippen molar-refractivity contribution in [1.82, 2.24) is 0 Å². The number of hydrogen-bond acceptors (Lipinski definition) is 4. The van der Waals surface area contributed by atoms with Crippen LogP contribution < -0.4 is 4.74 Å². The molecule has 0 atom stereocenters. The molecule has 0 bridgehead atoms. The van der Waals surface area contributed by atoms with Crippen LogP contribution in [-0.4, -0.2) is 23.1 Å². The minimum absolute atomic E-state index is 0.00375. The minimum atomic E-state index is -0.404. The maximum absolute atomic E-state index is 12.2. The van der Waals surface area contributed by atoms with Gasteiger partial charge in [-0.2, -0.15) is 0 Å². The van der Waals surface area contributed by atoms with Crippen molar-refractivity contribution in [3.8, 4) is 17.2 Å². The van der Waals surface area contributed by atoms with Gasteiger partial charge in [0.15, 0.2) is 5.78 Å². The molecule has 2 aromatic carbocycles. The number of carbonyl (C=O) groups is 1. The summed E-state index contributed by atoms with van der Waals surface area (Å²) < 4.78 is 5.03. The van der Waals surface area contributed by atoms with Crippen molar-refractivity contribution < 1.29 is 19.7 Å². The average Bonchev–Trinajstić information content (AvgIpc) is 2.42. The molecule has 5 heteroatoms. The highest BCUT2D eigenvalue weighted by Crippen LogP contribution is 2.32. The third-order valence-corrected chi connectivity index (χ3v) is 2.94. The maximum atomic E-state index is 12.2. The van der Waals surface area contributed by atoms with Crippen molar-refractivity contribution >= 4 is 17.4 Å². The van der Waals surface area contributed by atoms with E-state index in [0.717, 1.165) is 6.07 Å². The number of carbonyl (C=O) groups excluding carboxylic acids is 1. The molecule has 0 radical (unpaired) electrons. The van der Waals surface area contributed by atoms with E-state index in [-0.39, 0.29) is 22.1 Å². The van der Waals surface area contributed by atoms with Crippen LogP contribution in [0.25, 0.3) is 0 Å². The zero-order chi connectivity index (χ0) is 14.0. The Morgan fingerprint density at radius 1 is 1.16 bits per heavy atom. The van der Waals surface area contributed by atoms with Crippen molar-refractivity contribution in [2.24, 2.45) is 0 Å². The number of phenols is 2. The Balaban J connectivity index is 2.46. The normalized spacial score (nSPS) is 10.2. The molecule has 4 nitrogen and oxygen atoms in total. The van der Waals surface area contributed by atoms with Crippen LogP contribution in [0.5, 0.6) is 17.2 Å². The third-order valence-electron chi connectivity index (χ3n) is 2.64. The lowest BCUT2D eigenvalue weighted by molar-refractivity contribution is 0.103. The van der Waals surface area contributed by atoms with E-state index >= 15 is 0 Å². The van der Waals surface area contributed by atoms with Gasteiger partial charge in [-0.05, 0) is 18.2 Å². The van der Waals surface area contributed by atoms with Crippen LogP contribution in [0.2, 0.25) is 5.02 Å². The smallest absolute Gasteiger partial charge is 0.196 e. The van der Waals surface area contributed by atoms with Crippen molar-refractivity contribution in [2.75, 3.05) is 7.11 Å². The SMILES string of the molecule is COc1cccc(C(=O)c2cc(Cl)c(O)cc2O)c1. The molecule has 0 saturated carbocycles. The summed E-state index contributed by atoms with van der Waals surface area (Å²) in [5.74, 6) is -0.468. The summed E-state index contributed by atoms with van der Waals surface area (Å²) in [4.78, 5) is 12.2. The molecule has 0 aliphatic heterocycles. The predicted molar refractivity (Wildman–Crippen MR) is 71.2 cm³/mol. The fourth-order valence-electron chi connectivity index (χ4n) is 1.65. The molecule has 0 heterocycles. The van der Waals surface area contributed by atoms with Gasteiger partial charge in [0, 0.05) is 11.6 Å². The van der Waals surface area contributed by atoms with Crippen LogP contribution in [0.4, 0.5) is 0 Å². The number of hydrogen-bond donors (Lipinski definition) is 2. The Kier molecular flexibility index (Phi) is 3.62. The number of phenolic OH excluding ortho intramolecular Hbond substituents is 2. The fourth-order valence-corrected chi connectivity index (χ4v) is 1.82. The second kappa shape index (κ2) is 5.20. The molecule has 0 spiro atoms. The molecule has 19 heavy (non-hydrogen) atoms. The Morgan fingerprint density at radius 2 is 1.89 bits per heavy atom. The molecule has 0 aliphatic carbocycles. The van der Waals surface area contributed by atoms with E-state index in [1.165, 1.54) is 13.2 Å².